The quantitative estimate of drug-likeness (QED) is 0.474. The van der Waals surface area contributed by atoms with Crippen LogP contribution in [0.5, 0.6) is 5.88 Å². The van der Waals surface area contributed by atoms with E-state index in [2.05, 4.69) is 26.6 Å². The van der Waals surface area contributed by atoms with E-state index < -0.39 is 12.8 Å². The molecule has 1 aromatic rings. The normalized spacial score (nSPS) is 12.1. The molecule has 0 aliphatic rings. The number of halogens is 3. The number of aromatic nitrogens is 1. The van der Waals surface area contributed by atoms with Crippen molar-refractivity contribution in [3.63, 3.8) is 0 Å². The van der Waals surface area contributed by atoms with E-state index in [4.69, 9.17) is 5.73 Å². The Morgan fingerprint density at radius 2 is 2.25 bits per heavy atom. The summed E-state index contributed by atoms with van der Waals surface area (Å²) in [5, 5.41) is 2.79. The van der Waals surface area contributed by atoms with Crippen LogP contribution in [0.4, 0.5) is 13.2 Å². The van der Waals surface area contributed by atoms with Gasteiger partial charge in [0.15, 0.2) is 12.6 Å². The van der Waals surface area contributed by atoms with E-state index in [0.717, 1.165) is 0 Å². The number of nitrogens with one attached hydrogen (secondary N) is 1. The summed E-state index contributed by atoms with van der Waals surface area (Å²) >= 11 is 0. The monoisotopic (exact) mass is 288 g/mol. The van der Waals surface area contributed by atoms with Crippen LogP contribution in [0.1, 0.15) is 5.56 Å². The summed E-state index contributed by atoms with van der Waals surface area (Å²) in [6.45, 7) is 2.92. The average molecular weight is 288 g/mol. The molecule has 0 radical (unpaired) electrons. The summed E-state index contributed by atoms with van der Waals surface area (Å²) in [5.74, 6) is 0.162. The molecule has 0 fully saturated rings. The lowest BCUT2D eigenvalue weighted by Gasteiger charge is -2.08. The van der Waals surface area contributed by atoms with Crippen molar-refractivity contribution in [1.82, 2.24) is 10.3 Å². The summed E-state index contributed by atoms with van der Waals surface area (Å²) in [6, 6.07) is 2.92. The van der Waals surface area contributed by atoms with Gasteiger partial charge in [0.2, 0.25) is 5.88 Å². The molecule has 0 aliphatic heterocycles. The standard InChI is InChI=1S/C12H15F3N4O/c1-2-5-17-11(16)19-7-9-3-4-10(18-6-9)20-8-12(13,14)15/h2-4,6H,1,5,7-8H2,(H3,16,17,19). The van der Waals surface area contributed by atoms with Gasteiger partial charge in [-0.3, -0.25) is 0 Å². The number of hydrogen-bond donors (Lipinski definition) is 2. The van der Waals surface area contributed by atoms with Crippen molar-refractivity contribution < 1.29 is 17.9 Å². The summed E-state index contributed by atoms with van der Waals surface area (Å²) < 4.78 is 40.3. The maximum Gasteiger partial charge on any atom is 0.422 e. The largest absolute Gasteiger partial charge is 0.468 e. The molecule has 3 N–H and O–H groups in total. The van der Waals surface area contributed by atoms with Gasteiger partial charge in [0.1, 0.15) is 0 Å². The van der Waals surface area contributed by atoms with Gasteiger partial charge in [-0.05, 0) is 5.56 Å². The first-order valence-corrected chi connectivity index (χ1v) is 5.70. The first-order chi connectivity index (χ1) is 9.40. The van der Waals surface area contributed by atoms with Gasteiger partial charge in [-0.1, -0.05) is 12.1 Å². The fraction of sp³-hybridized carbons (Fsp3) is 0.333. The van der Waals surface area contributed by atoms with E-state index in [1.807, 2.05) is 0 Å². The predicted octanol–water partition coefficient (Wildman–Crippen LogP) is 1.61. The van der Waals surface area contributed by atoms with Crippen molar-refractivity contribution in [2.24, 2.45) is 10.7 Å². The molecule has 0 amide bonds. The van der Waals surface area contributed by atoms with Gasteiger partial charge in [0.05, 0.1) is 6.54 Å². The number of guanidine groups is 1. The Morgan fingerprint density at radius 3 is 2.80 bits per heavy atom. The Labute approximate surface area is 114 Å². The van der Waals surface area contributed by atoms with Crippen molar-refractivity contribution in [3.05, 3.63) is 36.5 Å². The van der Waals surface area contributed by atoms with Gasteiger partial charge in [-0.2, -0.15) is 13.2 Å². The molecule has 8 heteroatoms. The van der Waals surface area contributed by atoms with Crippen LogP contribution in [-0.4, -0.2) is 30.3 Å². The topological polar surface area (TPSA) is 72.5 Å². The highest BCUT2D eigenvalue weighted by molar-refractivity contribution is 5.77. The van der Waals surface area contributed by atoms with Crippen molar-refractivity contribution in [2.45, 2.75) is 12.7 Å². The Hall–Kier alpha value is -2.25. The first-order valence-electron chi connectivity index (χ1n) is 5.70. The molecule has 0 unspecified atom stereocenters. The average Bonchev–Trinajstić information content (AvgIpc) is 2.41. The zero-order chi connectivity index (χ0) is 15.0. The molecule has 0 atom stereocenters. The smallest absolute Gasteiger partial charge is 0.422 e. The SMILES string of the molecule is C=CCNC(N)=NCc1ccc(OCC(F)(F)F)nc1. The lowest BCUT2D eigenvalue weighted by Crippen LogP contribution is -2.31. The fourth-order valence-corrected chi connectivity index (χ4v) is 1.15. The van der Waals surface area contributed by atoms with E-state index in [1.54, 1.807) is 12.1 Å². The molecule has 0 saturated heterocycles. The van der Waals surface area contributed by atoms with E-state index in [0.29, 0.717) is 12.1 Å². The lowest BCUT2D eigenvalue weighted by atomic mass is 10.3. The zero-order valence-corrected chi connectivity index (χ0v) is 10.7. The maximum atomic E-state index is 11.9. The third-order valence-electron chi connectivity index (χ3n) is 2.04. The van der Waals surface area contributed by atoms with Crippen molar-refractivity contribution in [1.29, 1.82) is 0 Å². The third-order valence-corrected chi connectivity index (χ3v) is 2.04. The van der Waals surface area contributed by atoms with Crippen LogP contribution < -0.4 is 15.8 Å². The number of nitrogens with two attached hydrogens (primary N) is 1. The van der Waals surface area contributed by atoms with Crippen LogP contribution in [0.25, 0.3) is 0 Å². The van der Waals surface area contributed by atoms with E-state index in [-0.39, 0.29) is 18.4 Å². The van der Waals surface area contributed by atoms with Crippen LogP contribution in [0.3, 0.4) is 0 Å². The number of ether oxygens (including phenoxy) is 1. The molecule has 20 heavy (non-hydrogen) atoms. The molecule has 1 aromatic heterocycles. The van der Waals surface area contributed by atoms with Gasteiger partial charge in [-0.15, -0.1) is 6.58 Å². The second-order valence-corrected chi connectivity index (χ2v) is 3.78. The van der Waals surface area contributed by atoms with Crippen molar-refractivity contribution in [2.75, 3.05) is 13.2 Å². The molecule has 0 bridgehead atoms. The highest BCUT2D eigenvalue weighted by Crippen LogP contribution is 2.17. The van der Waals surface area contributed by atoms with E-state index in [9.17, 15) is 13.2 Å². The molecule has 110 valence electrons. The highest BCUT2D eigenvalue weighted by Gasteiger charge is 2.28. The van der Waals surface area contributed by atoms with Crippen LogP contribution in [0.2, 0.25) is 0 Å². The Morgan fingerprint density at radius 1 is 1.50 bits per heavy atom. The van der Waals surface area contributed by atoms with Crippen molar-refractivity contribution >= 4 is 5.96 Å². The molecular formula is C12H15F3N4O. The summed E-state index contributed by atoms with van der Waals surface area (Å²) in [5.41, 5.74) is 6.26. The molecule has 1 rings (SSSR count). The Balaban J connectivity index is 2.48. The summed E-state index contributed by atoms with van der Waals surface area (Å²) in [4.78, 5) is 7.77. The minimum absolute atomic E-state index is 0.0900. The first kappa shape index (κ1) is 15.8. The number of pyridine rings is 1. The van der Waals surface area contributed by atoms with Gasteiger partial charge >= 0.3 is 6.18 Å². The molecule has 0 saturated carbocycles. The van der Waals surface area contributed by atoms with Crippen LogP contribution >= 0.6 is 0 Å². The number of hydrogen-bond acceptors (Lipinski definition) is 3. The molecule has 5 nitrogen and oxygen atoms in total. The van der Waals surface area contributed by atoms with Crippen molar-refractivity contribution in [3.8, 4) is 5.88 Å². The van der Waals surface area contributed by atoms with Crippen LogP contribution in [0, 0.1) is 0 Å². The molecule has 0 spiro atoms. The Bertz CT molecular complexity index is 457. The van der Waals surface area contributed by atoms with Gasteiger partial charge in [0.25, 0.3) is 0 Å². The number of aliphatic imine (C=N–C) groups is 1. The minimum Gasteiger partial charge on any atom is -0.468 e. The second-order valence-electron chi connectivity index (χ2n) is 3.78. The highest BCUT2D eigenvalue weighted by atomic mass is 19.4. The summed E-state index contributed by atoms with van der Waals surface area (Å²) in [6.07, 6.45) is -1.36. The Kier molecular flexibility index (Phi) is 5.82. The molecule has 1 heterocycles. The zero-order valence-electron chi connectivity index (χ0n) is 10.7. The summed E-state index contributed by atoms with van der Waals surface area (Å²) in [7, 11) is 0. The maximum absolute atomic E-state index is 11.9. The number of nitrogens with zero attached hydrogens (tertiary/aromatic N) is 2. The van der Waals surface area contributed by atoms with E-state index >= 15 is 0 Å². The van der Waals surface area contributed by atoms with E-state index in [1.165, 1.54) is 12.3 Å². The van der Waals surface area contributed by atoms with Gasteiger partial charge in [-0.25, -0.2) is 9.98 Å². The lowest BCUT2D eigenvalue weighted by molar-refractivity contribution is -0.154. The fourth-order valence-electron chi connectivity index (χ4n) is 1.15. The van der Waals surface area contributed by atoms with Gasteiger partial charge in [0, 0.05) is 18.8 Å². The third kappa shape index (κ3) is 6.62. The second kappa shape index (κ2) is 7.37. The molecular weight excluding hydrogens is 273 g/mol. The number of alkyl halides is 3. The predicted molar refractivity (Wildman–Crippen MR) is 69.3 cm³/mol. The van der Waals surface area contributed by atoms with Crippen LogP contribution in [0.15, 0.2) is 36.0 Å². The van der Waals surface area contributed by atoms with Gasteiger partial charge < -0.3 is 15.8 Å². The molecule has 0 aliphatic carbocycles. The minimum atomic E-state index is -4.38. The van der Waals surface area contributed by atoms with Crippen LogP contribution in [-0.2, 0) is 6.54 Å². The number of rotatable bonds is 6. The molecule has 0 aromatic carbocycles.